The summed E-state index contributed by atoms with van der Waals surface area (Å²) in [7, 11) is 0. The predicted molar refractivity (Wildman–Crippen MR) is 105 cm³/mol. The number of para-hydroxylation sites is 1. The first-order valence-corrected chi connectivity index (χ1v) is 10.4. The normalized spacial score (nSPS) is 18.6. The maximum atomic E-state index is 13.9. The number of nitrogens with one attached hydrogen (secondary N) is 1. The molecule has 2 fully saturated rings. The van der Waals surface area contributed by atoms with Crippen LogP contribution in [0.25, 0.3) is 0 Å². The van der Waals surface area contributed by atoms with Crippen LogP contribution in [0.3, 0.4) is 0 Å². The monoisotopic (exact) mass is 389 g/mol. The van der Waals surface area contributed by atoms with Crippen LogP contribution in [0.5, 0.6) is 0 Å². The molecule has 144 valence electrons. The smallest absolute Gasteiger partial charge is 0.323 e. The number of aromatic nitrogens is 2. The summed E-state index contributed by atoms with van der Waals surface area (Å²) >= 11 is 1.49. The molecule has 1 N–H and O–H groups in total. The first-order valence-electron chi connectivity index (χ1n) is 9.59. The highest BCUT2D eigenvalue weighted by Gasteiger charge is 2.24. The van der Waals surface area contributed by atoms with Crippen molar-refractivity contribution in [3.63, 3.8) is 0 Å². The molecular formula is C19H24FN5OS. The van der Waals surface area contributed by atoms with Crippen LogP contribution < -0.4 is 10.2 Å². The molecule has 0 unspecified atom stereocenters. The fourth-order valence-electron chi connectivity index (χ4n) is 3.83. The second-order valence-corrected chi connectivity index (χ2v) is 8.15. The lowest BCUT2D eigenvalue weighted by atomic mass is 9.90. The molecule has 0 radical (unpaired) electrons. The average molecular weight is 390 g/mol. The van der Waals surface area contributed by atoms with Gasteiger partial charge in [0.15, 0.2) is 0 Å². The fraction of sp³-hybridized carbons (Fsp3) is 0.526. The minimum atomic E-state index is -0.223. The largest absolute Gasteiger partial charge is 0.366 e. The molecule has 2 amide bonds. The van der Waals surface area contributed by atoms with Gasteiger partial charge < -0.3 is 9.80 Å². The van der Waals surface area contributed by atoms with Gasteiger partial charge in [-0.15, -0.1) is 10.2 Å². The molecule has 0 bridgehead atoms. The Morgan fingerprint density at radius 2 is 1.81 bits per heavy atom. The van der Waals surface area contributed by atoms with Crippen LogP contribution in [-0.4, -0.2) is 47.3 Å². The van der Waals surface area contributed by atoms with E-state index in [1.54, 1.807) is 17.0 Å². The number of carbonyl (C=O) groups excluding carboxylic acids is 1. The van der Waals surface area contributed by atoms with Gasteiger partial charge in [0, 0.05) is 32.1 Å². The van der Waals surface area contributed by atoms with Crippen molar-refractivity contribution >= 4 is 28.2 Å². The van der Waals surface area contributed by atoms with Gasteiger partial charge in [-0.3, -0.25) is 5.32 Å². The summed E-state index contributed by atoms with van der Waals surface area (Å²) in [5.74, 6) is 0.269. The summed E-state index contributed by atoms with van der Waals surface area (Å²) in [6, 6.07) is 6.60. The third-order valence-electron chi connectivity index (χ3n) is 5.37. The van der Waals surface area contributed by atoms with Crippen LogP contribution >= 0.6 is 11.3 Å². The van der Waals surface area contributed by atoms with Crippen LogP contribution in [0.4, 0.5) is 20.0 Å². The second-order valence-electron chi connectivity index (χ2n) is 7.14. The molecule has 4 rings (SSSR count). The van der Waals surface area contributed by atoms with Gasteiger partial charge in [-0.1, -0.05) is 42.7 Å². The Balaban J connectivity index is 1.31. The predicted octanol–water partition coefficient (Wildman–Crippen LogP) is 4.08. The summed E-state index contributed by atoms with van der Waals surface area (Å²) in [5, 5.41) is 12.9. The zero-order valence-corrected chi connectivity index (χ0v) is 16.1. The number of hydrogen-bond acceptors (Lipinski definition) is 5. The zero-order valence-electron chi connectivity index (χ0n) is 15.2. The van der Waals surface area contributed by atoms with E-state index in [1.807, 2.05) is 11.0 Å². The maximum Gasteiger partial charge on any atom is 0.323 e. The highest BCUT2D eigenvalue weighted by molar-refractivity contribution is 7.15. The van der Waals surface area contributed by atoms with E-state index in [1.165, 1.54) is 49.5 Å². The van der Waals surface area contributed by atoms with E-state index in [9.17, 15) is 9.18 Å². The summed E-state index contributed by atoms with van der Waals surface area (Å²) in [4.78, 5) is 16.3. The number of piperazine rings is 1. The molecule has 0 spiro atoms. The van der Waals surface area contributed by atoms with E-state index < -0.39 is 0 Å². The van der Waals surface area contributed by atoms with E-state index in [0.29, 0.717) is 42.9 Å². The van der Waals surface area contributed by atoms with Gasteiger partial charge in [0.2, 0.25) is 5.13 Å². The second kappa shape index (κ2) is 8.21. The standard InChI is InChI=1S/C19H24FN5OS/c20-15-8-4-5-9-16(15)24-10-12-25(13-11-24)19(26)21-18-23-22-17(27-18)14-6-2-1-3-7-14/h4-5,8-9,14H,1-3,6-7,10-13H2,(H,21,23,26). The molecule has 2 aliphatic rings. The number of anilines is 2. The Kier molecular flexibility index (Phi) is 5.52. The van der Waals surface area contributed by atoms with Crippen LogP contribution in [0.2, 0.25) is 0 Å². The van der Waals surface area contributed by atoms with Crippen molar-refractivity contribution in [1.29, 1.82) is 0 Å². The number of nitrogens with zero attached hydrogens (tertiary/aromatic N) is 4. The van der Waals surface area contributed by atoms with E-state index in [4.69, 9.17) is 0 Å². The van der Waals surface area contributed by atoms with Gasteiger partial charge in [0.05, 0.1) is 5.69 Å². The van der Waals surface area contributed by atoms with Crippen LogP contribution in [0.1, 0.15) is 43.0 Å². The van der Waals surface area contributed by atoms with Crippen molar-refractivity contribution in [2.24, 2.45) is 0 Å². The SMILES string of the molecule is O=C(Nc1nnc(C2CCCCC2)s1)N1CCN(c2ccccc2F)CC1. The Labute approximate surface area is 162 Å². The molecule has 2 heterocycles. The quantitative estimate of drug-likeness (QED) is 0.859. The van der Waals surface area contributed by atoms with Crippen LogP contribution in [0.15, 0.2) is 24.3 Å². The number of carbonyl (C=O) groups is 1. The molecular weight excluding hydrogens is 365 g/mol. The minimum Gasteiger partial charge on any atom is -0.366 e. The highest BCUT2D eigenvalue weighted by Crippen LogP contribution is 2.35. The molecule has 6 nitrogen and oxygen atoms in total. The lowest BCUT2D eigenvalue weighted by Gasteiger charge is -2.35. The van der Waals surface area contributed by atoms with Crippen molar-refractivity contribution in [3.8, 4) is 0 Å². The molecule has 1 aromatic heterocycles. The van der Waals surface area contributed by atoms with Gasteiger partial charge in [-0.25, -0.2) is 9.18 Å². The van der Waals surface area contributed by atoms with E-state index >= 15 is 0 Å². The number of halogens is 1. The van der Waals surface area contributed by atoms with Crippen molar-refractivity contribution in [2.75, 3.05) is 36.4 Å². The molecule has 8 heteroatoms. The van der Waals surface area contributed by atoms with Crippen LogP contribution in [0, 0.1) is 5.82 Å². The lowest BCUT2D eigenvalue weighted by molar-refractivity contribution is 0.208. The summed E-state index contributed by atoms with van der Waals surface area (Å²) in [6.07, 6.45) is 6.13. The van der Waals surface area contributed by atoms with Crippen LogP contribution in [-0.2, 0) is 0 Å². The zero-order chi connectivity index (χ0) is 18.6. The number of benzene rings is 1. The third kappa shape index (κ3) is 4.21. The molecule has 27 heavy (non-hydrogen) atoms. The van der Waals surface area contributed by atoms with Crippen molar-refractivity contribution in [3.05, 3.63) is 35.1 Å². The first-order chi connectivity index (χ1) is 13.2. The van der Waals surface area contributed by atoms with E-state index in [2.05, 4.69) is 15.5 Å². The van der Waals surface area contributed by atoms with Crippen molar-refractivity contribution < 1.29 is 9.18 Å². The molecule has 1 aliphatic heterocycles. The Bertz CT molecular complexity index is 784. The molecule has 1 aromatic carbocycles. The Morgan fingerprint density at radius 1 is 1.07 bits per heavy atom. The lowest BCUT2D eigenvalue weighted by Crippen LogP contribution is -2.50. The first kappa shape index (κ1) is 18.2. The summed E-state index contributed by atoms with van der Waals surface area (Å²) in [6.45, 7) is 2.32. The van der Waals surface area contributed by atoms with Crippen molar-refractivity contribution in [1.82, 2.24) is 15.1 Å². The van der Waals surface area contributed by atoms with Gasteiger partial charge in [-0.05, 0) is 25.0 Å². The van der Waals surface area contributed by atoms with E-state index in [0.717, 1.165) is 5.01 Å². The molecule has 1 saturated heterocycles. The average Bonchev–Trinajstić information content (AvgIpc) is 3.18. The number of hydrogen-bond donors (Lipinski definition) is 1. The highest BCUT2D eigenvalue weighted by atomic mass is 32.1. The Morgan fingerprint density at radius 3 is 2.56 bits per heavy atom. The molecule has 1 saturated carbocycles. The summed E-state index contributed by atoms with van der Waals surface area (Å²) in [5.41, 5.74) is 0.596. The molecule has 1 aliphatic carbocycles. The fourth-order valence-corrected chi connectivity index (χ4v) is 4.73. The van der Waals surface area contributed by atoms with Gasteiger partial charge in [-0.2, -0.15) is 0 Å². The number of amides is 2. The number of rotatable bonds is 3. The van der Waals surface area contributed by atoms with Gasteiger partial charge >= 0.3 is 6.03 Å². The maximum absolute atomic E-state index is 13.9. The number of urea groups is 1. The van der Waals surface area contributed by atoms with E-state index in [-0.39, 0.29) is 11.8 Å². The minimum absolute atomic E-state index is 0.158. The van der Waals surface area contributed by atoms with Crippen molar-refractivity contribution in [2.45, 2.75) is 38.0 Å². The summed E-state index contributed by atoms with van der Waals surface area (Å²) < 4.78 is 13.9. The topological polar surface area (TPSA) is 61.4 Å². The third-order valence-corrected chi connectivity index (χ3v) is 6.37. The van der Waals surface area contributed by atoms with Gasteiger partial charge in [0.25, 0.3) is 0 Å². The van der Waals surface area contributed by atoms with Gasteiger partial charge in [0.1, 0.15) is 10.8 Å². The molecule has 0 atom stereocenters. The Hall–Kier alpha value is -2.22. The molecule has 2 aromatic rings.